The van der Waals surface area contributed by atoms with Gasteiger partial charge in [0.15, 0.2) is 11.5 Å². The minimum atomic E-state index is -0.482. The van der Waals surface area contributed by atoms with Gasteiger partial charge in [-0.05, 0) is 61.7 Å². The number of halogens is 1. The number of phenols is 1. The zero-order chi connectivity index (χ0) is 27.5. The van der Waals surface area contributed by atoms with Crippen LogP contribution in [0.2, 0.25) is 5.02 Å². The summed E-state index contributed by atoms with van der Waals surface area (Å²) in [4.78, 5) is 15.6. The smallest absolute Gasteiger partial charge is 0.273 e. The van der Waals surface area contributed by atoms with E-state index >= 15 is 0 Å². The maximum Gasteiger partial charge on any atom is 0.273 e. The summed E-state index contributed by atoms with van der Waals surface area (Å²) in [6, 6.07) is 18.3. The number of ether oxygens (including phenoxy) is 2. The molecule has 8 heteroatoms. The second-order valence-electron chi connectivity index (χ2n) is 9.68. The van der Waals surface area contributed by atoms with Crippen molar-refractivity contribution in [2.24, 2.45) is 0 Å². The summed E-state index contributed by atoms with van der Waals surface area (Å²) in [5.74, 6) is 1.16. The van der Waals surface area contributed by atoms with Crippen LogP contribution >= 0.6 is 11.6 Å². The first-order valence-corrected chi connectivity index (χ1v) is 13.6. The maximum absolute atomic E-state index is 13.8. The van der Waals surface area contributed by atoms with Crippen LogP contribution in [0.15, 0.2) is 60.7 Å². The molecule has 0 saturated carbocycles. The molecule has 7 nitrogen and oxygen atoms in total. The summed E-state index contributed by atoms with van der Waals surface area (Å²) in [6.07, 6.45) is 1.97. The van der Waals surface area contributed by atoms with E-state index < -0.39 is 6.04 Å². The van der Waals surface area contributed by atoms with Gasteiger partial charge in [-0.2, -0.15) is 5.10 Å². The molecule has 0 spiro atoms. The summed E-state index contributed by atoms with van der Waals surface area (Å²) in [5.41, 5.74) is 5.03. The van der Waals surface area contributed by atoms with Crippen molar-refractivity contribution in [3.05, 3.63) is 93.6 Å². The van der Waals surface area contributed by atoms with Gasteiger partial charge in [0.1, 0.15) is 17.1 Å². The van der Waals surface area contributed by atoms with Crippen molar-refractivity contribution >= 4 is 17.5 Å². The Kier molecular flexibility index (Phi) is 7.79. The fourth-order valence-electron chi connectivity index (χ4n) is 4.91. The number of hydrogen-bond acceptors (Lipinski definition) is 5. The summed E-state index contributed by atoms with van der Waals surface area (Å²) in [7, 11) is 0. The minimum absolute atomic E-state index is 0.0339. The number of hydrogen-bond donors (Lipinski definition) is 2. The lowest BCUT2D eigenvalue weighted by atomic mass is 9.95. The highest BCUT2D eigenvalue weighted by molar-refractivity contribution is 6.31. The van der Waals surface area contributed by atoms with Gasteiger partial charge in [-0.1, -0.05) is 60.8 Å². The average molecular weight is 546 g/mol. The fraction of sp³-hybridized carbons (Fsp3) is 0.290. The fourth-order valence-corrected chi connectivity index (χ4v) is 5.08. The van der Waals surface area contributed by atoms with Gasteiger partial charge in [0, 0.05) is 22.7 Å². The van der Waals surface area contributed by atoms with Crippen LogP contribution in [0.4, 0.5) is 0 Å². The van der Waals surface area contributed by atoms with Crippen molar-refractivity contribution in [2.45, 2.75) is 46.2 Å². The molecule has 1 aliphatic heterocycles. The number of carbonyl (C=O) groups excluding carboxylic acids is 1. The summed E-state index contributed by atoms with van der Waals surface area (Å²) in [5, 5.41) is 18.6. The van der Waals surface area contributed by atoms with Gasteiger partial charge in [-0.15, -0.1) is 0 Å². The number of phenolic OH excluding ortho intramolecular Hbond substituents is 1. The van der Waals surface area contributed by atoms with Crippen LogP contribution < -0.4 is 9.47 Å². The Morgan fingerprint density at radius 2 is 1.82 bits per heavy atom. The number of aromatic amines is 1. The number of aromatic nitrogens is 2. The van der Waals surface area contributed by atoms with Gasteiger partial charge in [0.2, 0.25) is 0 Å². The third-order valence-corrected chi connectivity index (χ3v) is 7.12. The minimum Gasteiger partial charge on any atom is -0.507 e. The van der Waals surface area contributed by atoms with Crippen LogP contribution in [0.3, 0.4) is 0 Å². The number of benzene rings is 3. The highest BCUT2D eigenvalue weighted by Crippen LogP contribution is 2.46. The van der Waals surface area contributed by atoms with Crippen molar-refractivity contribution < 1.29 is 19.4 Å². The Hall–Kier alpha value is -3.97. The molecule has 39 heavy (non-hydrogen) atoms. The van der Waals surface area contributed by atoms with Crippen molar-refractivity contribution in [3.8, 4) is 28.5 Å². The Bertz CT molecular complexity index is 1480. The molecule has 1 atom stereocenters. The van der Waals surface area contributed by atoms with Crippen LogP contribution in [0, 0.1) is 6.92 Å². The second-order valence-corrected chi connectivity index (χ2v) is 10.1. The van der Waals surface area contributed by atoms with E-state index in [1.54, 1.807) is 12.1 Å². The number of H-pyrrole nitrogens is 1. The monoisotopic (exact) mass is 545 g/mol. The average Bonchev–Trinajstić information content (AvgIpc) is 3.47. The Balaban J connectivity index is 1.63. The molecule has 202 valence electrons. The number of rotatable bonds is 10. The SMILES string of the molecule is CCCCOc1ccc(C2c3c(-c4cc(Cl)ccc4O)n[nH]c3C(=O)N2Cc2ccc(C)cc2)cc1OCC. The van der Waals surface area contributed by atoms with Crippen LogP contribution in [0.1, 0.15) is 65.5 Å². The lowest BCUT2D eigenvalue weighted by Crippen LogP contribution is -2.29. The van der Waals surface area contributed by atoms with Gasteiger partial charge >= 0.3 is 0 Å². The van der Waals surface area contributed by atoms with Crippen molar-refractivity contribution in [1.82, 2.24) is 15.1 Å². The van der Waals surface area contributed by atoms with Crippen LogP contribution in [0.25, 0.3) is 11.3 Å². The molecule has 1 amide bonds. The second kappa shape index (κ2) is 11.4. The number of nitrogens with one attached hydrogen (secondary N) is 1. The Morgan fingerprint density at radius 3 is 2.56 bits per heavy atom. The van der Waals surface area contributed by atoms with Gasteiger partial charge in [0.05, 0.1) is 19.3 Å². The third-order valence-electron chi connectivity index (χ3n) is 6.89. The molecule has 1 aliphatic rings. The van der Waals surface area contributed by atoms with Gasteiger partial charge in [0.25, 0.3) is 5.91 Å². The maximum atomic E-state index is 13.8. The number of nitrogens with zero attached hydrogens (tertiary/aromatic N) is 2. The van der Waals surface area contributed by atoms with E-state index in [2.05, 4.69) is 17.1 Å². The zero-order valence-corrected chi connectivity index (χ0v) is 23.1. The molecular weight excluding hydrogens is 514 g/mol. The number of aryl methyl sites for hydroxylation is 1. The molecule has 2 N–H and O–H groups in total. The molecule has 1 aromatic heterocycles. The molecule has 2 heterocycles. The van der Waals surface area contributed by atoms with Crippen LogP contribution in [0.5, 0.6) is 17.2 Å². The molecule has 0 radical (unpaired) electrons. The first kappa shape index (κ1) is 26.6. The van der Waals surface area contributed by atoms with Gasteiger partial charge in [-0.3, -0.25) is 9.89 Å². The summed E-state index contributed by atoms with van der Waals surface area (Å²) < 4.78 is 12.0. The molecule has 0 fully saturated rings. The summed E-state index contributed by atoms with van der Waals surface area (Å²) in [6.45, 7) is 7.55. The normalized spacial score (nSPS) is 14.5. The molecule has 0 aliphatic carbocycles. The Morgan fingerprint density at radius 1 is 1.03 bits per heavy atom. The number of unbranched alkanes of at least 4 members (excludes halogenated alkanes) is 1. The lowest BCUT2D eigenvalue weighted by molar-refractivity contribution is 0.0729. The van der Waals surface area contributed by atoms with Crippen molar-refractivity contribution in [1.29, 1.82) is 0 Å². The molecule has 5 rings (SSSR count). The van der Waals surface area contributed by atoms with Crippen molar-refractivity contribution in [2.75, 3.05) is 13.2 Å². The number of amides is 1. The molecule has 4 aromatic rings. The topological polar surface area (TPSA) is 87.7 Å². The summed E-state index contributed by atoms with van der Waals surface area (Å²) >= 11 is 6.28. The molecule has 0 bridgehead atoms. The van der Waals surface area contributed by atoms with E-state index in [9.17, 15) is 9.90 Å². The van der Waals surface area contributed by atoms with E-state index in [0.29, 0.717) is 58.8 Å². The number of fused-ring (bicyclic) bond motifs is 1. The highest BCUT2D eigenvalue weighted by atomic mass is 35.5. The van der Waals surface area contributed by atoms with Crippen LogP contribution in [-0.2, 0) is 6.54 Å². The highest BCUT2D eigenvalue weighted by Gasteiger charge is 2.43. The van der Waals surface area contributed by atoms with Crippen LogP contribution in [-0.4, -0.2) is 39.3 Å². The Labute approximate surface area is 233 Å². The predicted octanol–water partition coefficient (Wildman–Crippen LogP) is 7.07. The first-order valence-electron chi connectivity index (χ1n) is 13.2. The van der Waals surface area contributed by atoms with E-state index in [-0.39, 0.29) is 11.7 Å². The standard InChI is InChI=1S/C31H32ClN3O4/c1-4-6-15-39-25-14-11-21(16-26(25)38-5-2)30-27-28(23-17-22(32)12-13-24(23)36)33-34-29(27)31(37)35(30)18-20-9-7-19(3)8-10-20/h7-14,16-17,30,36H,4-6,15,18H2,1-3H3,(H,33,34). The predicted molar refractivity (Wildman–Crippen MR) is 152 cm³/mol. The van der Waals surface area contributed by atoms with Gasteiger partial charge < -0.3 is 19.5 Å². The zero-order valence-electron chi connectivity index (χ0n) is 22.3. The largest absolute Gasteiger partial charge is 0.507 e. The van der Waals surface area contributed by atoms with Crippen molar-refractivity contribution in [3.63, 3.8) is 0 Å². The lowest BCUT2D eigenvalue weighted by Gasteiger charge is -2.27. The number of aromatic hydroxyl groups is 1. The van der Waals surface area contributed by atoms with E-state index in [0.717, 1.165) is 29.5 Å². The molecule has 3 aromatic carbocycles. The molecule has 1 unspecified atom stereocenters. The van der Waals surface area contributed by atoms with Gasteiger partial charge in [-0.25, -0.2) is 0 Å². The quantitative estimate of drug-likeness (QED) is 0.208. The van der Waals surface area contributed by atoms with E-state index in [4.69, 9.17) is 21.1 Å². The number of carbonyl (C=O) groups is 1. The molecule has 0 saturated heterocycles. The van der Waals surface area contributed by atoms with E-state index in [1.807, 2.05) is 61.2 Å². The first-order chi connectivity index (χ1) is 18.9. The molecular formula is C31H32ClN3O4. The van der Waals surface area contributed by atoms with E-state index in [1.165, 1.54) is 6.07 Å². The third kappa shape index (κ3) is 5.32.